The van der Waals surface area contributed by atoms with Crippen LogP contribution in [0.5, 0.6) is 0 Å². The molecule has 0 unspecified atom stereocenters. The Kier molecular flexibility index (Phi) is 5.79. The van der Waals surface area contributed by atoms with Gasteiger partial charge >= 0.3 is 6.18 Å². The molecule has 0 atom stereocenters. The first-order valence-electron chi connectivity index (χ1n) is 8.37. The molecule has 146 valence electrons. The number of hydrogen-bond acceptors (Lipinski definition) is 4. The van der Waals surface area contributed by atoms with E-state index in [-0.39, 0.29) is 11.3 Å². The molecular weight excluding hydrogens is 389 g/mol. The van der Waals surface area contributed by atoms with Gasteiger partial charge in [0.2, 0.25) is 0 Å². The van der Waals surface area contributed by atoms with Crippen LogP contribution in [0.25, 0.3) is 0 Å². The van der Waals surface area contributed by atoms with Crippen LogP contribution in [0.4, 0.5) is 18.9 Å². The van der Waals surface area contributed by atoms with Crippen molar-refractivity contribution in [2.75, 3.05) is 5.32 Å². The van der Waals surface area contributed by atoms with Crippen LogP contribution >= 0.6 is 11.8 Å². The Labute approximate surface area is 164 Å². The van der Waals surface area contributed by atoms with Crippen LogP contribution < -0.4 is 5.32 Å². The van der Waals surface area contributed by atoms with Gasteiger partial charge in [0.1, 0.15) is 5.76 Å². The summed E-state index contributed by atoms with van der Waals surface area (Å²) >= 11 is 1.39. The van der Waals surface area contributed by atoms with Crippen molar-refractivity contribution in [1.29, 1.82) is 0 Å². The molecule has 0 aliphatic rings. The van der Waals surface area contributed by atoms with Gasteiger partial charge in [0.15, 0.2) is 0 Å². The molecule has 0 bridgehead atoms. The second kappa shape index (κ2) is 8.10. The highest BCUT2D eigenvalue weighted by Crippen LogP contribution is 2.34. The van der Waals surface area contributed by atoms with E-state index < -0.39 is 17.6 Å². The third-order valence-electron chi connectivity index (χ3n) is 3.98. The Hall–Kier alpha value is -2.74. The SMILES string of the molecule is Cc1cc(CSc2ccccc2C(=O)Nc2ccc(C)c(C(F)(F)F)c2)on1. The lowest BCUT2D eigenvalue weighted by Gasteiger charge is -2.13. The number of nitrogens with zero attached hydrogens (tertiary/aromatic N) is 1. The molecule has 0 aliphatic heterocycles. The van der Waals surface area contributed by atoms with E-state index in [1.54, 1.807) is 30.3 Å². The van der Waals surface area contributed by atoms with E-state index in [4.69, 9.17) is 4.52 Å². The Morgan fingerprint density at radius 3 is 2.57 bits per heavy atom. The molecule has 3 aromatic rings. The number of anilines is 1. The van der Waals surface area contributed by atoms with Gasteiger partial charge in [-0.05, 0) is 43.7 Å². The van der Waals surface area contributed by atoms with Crippen molar-refractivity contribution in [2.24, 2.45) is 0 Å². The highest BCUT2D eigenvalue weighted by molar-refractivity contribution is 7.98. The molecular formula is C20H17F3N2O2S. The molecule has 0 fully saturated rings. The summed E-state index contributed by atoms with van der Waals surface area (Å²) in [5, 5.41) is 6.37. The van der Waals surface area contributed by atoms with Crippen molar-refractivity contribution in [3.8, 4) is 0 Å². The molecule has 1 N–H and O–H groups in total. The minimum Gasteiger partial charge on any atom is -0.360 e. The average molecular weight is 406 g/mol. The molecule has 1 amide bonds. The number of benzene rings is 2. The molecule has 0 aliphatic carbocycles. The predicted molar refractivity (Wildman–Crippen MR) is 101 cm³/mol. The van der Waals surface area contributed by atoms with Crippen LogP contribution in [0.15, 0.2) is 57.9 Å². The summed E-state index contributed by atoms with van der Waals surface area (Å²) in [6.07, 6.45) is -4.48. The molecule has 1 aromatic heterocycles. The number of alkyl halides is 3. The minimum absolute atomic E-state index is 0.0913. The Morgan fingerprint density at radius 1 is 1.14 bits per heavy atom. The molecule has 3 rings (SSSR count). The van der Waals surface area contributed by atoms with Gasteiger partial charge in [0.25, 0.3) is 5.91 Å². The number of rotatable bonds is 5. The number of aromatic nitrogens is 1. The quantitative estimate of drug-likeness (QED) is 0.540. The van der Waals surface area contributed by atoms with Gasteiger partial charge in [-0.1, -0.05) is 23.4 Å². The van der Waals surface area contributed by atoms with E-state index >= 15 is 0 Å². The van der Waals surface area contributed by atoms with Crippen molar-refractivity contribution in [1.82, 2.24) is 5.16 Å². The van der Waals surface area contributed by atoms with Crippen molar-refractivity contribution in [3.05, 3.63) is 76.7 Å². The fourth-order valence-electron chi connectivity index (χ4n) is 2.62. The Balaban J connectivity index is 1.78. The summed E-state index contributed by atoms with van der Waals surface area (Å²) in [5.41, 5.74) is 0.561. The highest BCUT2D eigenvalue weighted by Gasteiger charge is 2.32. The smallest absolute Gasteiger partial charge is 0.360 e. The van der Waals surface area contributed by atoms with Gasteiger partial charge in [-0.25, -0.2) is 0 Å². The maximum atomic E-state index is 13.1. The summed E-state index contributed by atoms with van der Waals surface area (Å²) in [7, 11) is 0. The monoisotopic (exact) mass is 406 g/mol. The molecule has 0 spiro atoms. The summed E-state index contributed by atoms with van der Waals surface area (Å²) in [6.45, 7) is 3.20. The molecule has 0 saturated heterocycles. The van der Waals surface area contributed by atoms with E-state index in [0.29, 0.717) is 22.0 Å². The topological polar surface area (TPSA) is 55.1 Å². The number of thioether (sulfide) groups is 1. The number of halogens is 3. The highest BCUT2D eigenvalue weighted by atomic mass is 32.2. The lowest BCUT2D eigenvalue weighted by atomic mass is 10.1. The van der Waals surface area contributed by atoms with Crippen molar-refractivity contribution >= 4 is 23.4 Å². The Morgan fingerprint density at radius 2 is 1.89 bits per heavy atom. The van der Waals surface area contributed by atoms with Crippen molar-refractivity contribution < 1.29 is 22.5 Å². The summed E-state index contributed by atoms with van der Waals surface area (Å²) in [6, 6.07) is 12.4. The van der Waals surface area contributed by atoms with Gasteiger partial charge in [-0.15, -0.1) is 11.8 Å². The first-order valence-corrected chi connectivity index (χ1v) is 9.36. The first-order chi connectivity index (χ1) is 13.2. The molecule has 28 heavy (non-hydrogen) atoms. The summed E-state index contributed by atoms with van der Waals surface area (Å²) < 4.78 is 44.4. The molecule has 8 heteroatoms. The zero-order valence-corrected chi connectivity index (χ0v) is 15.9. The first kappa shape index (κ1) is 20.0. The average Bonchev–Trinajstić information content (AvgIpc) is 3.06. The largest absolute Gasteiger partial charge is 0.416 e. The van der Waals surface area contributed by atoms with E-state index in [1.807, 2.05) is 6.92 Å². The van der Waals surface area contributed by atoms with E-state index in [1.165, 1.54) is 30.8 Å². The Bertz CT molecular complexity index is 999. The van der Waals surface area contributed by atoms with Crippen LogP contribution in [0.1, 0.15) is 32.9 Å². The predicted octanol–water partition coefficient (Wildman–Crippen LogP) is 5.85. The van der Waals surface area contributed by atoms with Crippen LogP contribution in [0, 0.1) is 13.8 Å². The lowest BCUT2D eigenvalue weighted by molar-refractivity contribution is -0.138. The second-order valence-corrected chi connectivity index (χ2v) is 7.22. The second-order valence-electron chi connectivity index (χ2n) is 6.20. The van der Waals surface area contributed by atoms with Crippen molar-refractivity contribution in [3.63, 3.8) is 0 Å². The van der Waals surface area contributed by atoms with Gasteiger partial charge in [-0.3, -0.25) is 4.79 Å². The van der Waals surface area contributed by atoms with Gasteiger partial charge in [0.05, 0.1) is 22.6 Å². The fraction of sp³-hybridized carbons (Fsp3) is 0.200. The van der Waals surface area contributed by atoms with Gasteiger partial charge < -0.3 is 9.84 Å². The summed E-state index contributed by atoms with van der Waals surface area (Å²) in [5.74, 6) is 0.674. The molecule has 1 heterocycles. The number of aryl methyl sites for hydroxylation is 2. The third kappa shape index (κ3) is 4.75. The molecule has 0 radical (unpaired) electrons. The standard InChI is InChI=1S/C20H17F3N2O2S/c1-12-7-8-14(10-17(12)20(21,22)23)24-19(26)16-5-3-4-6-18(16)28-11-15-9-13(2)25-27-15/h3-10H,11H2,1-2H3,(H,24,26). The van der Waals surface area contributed by atoms with E-state index in [2.05, 4.69) is 10.5 Å². The maximum absolute atomic E-state index is 13.1. The zero-order chi connectivity index (χ0) is 20.3. The van der Waals surface area contributed by atoms with Crippen LogP contribution in [-0.4, -0.2) is 11.1 Å². The number of carbonyl (C=O) groups is 1. The van der Waals surface area contributed by atoms with Gasteiger partial charge in [-0.2, -0.15) is 13.2 Å². The van der Waals surface area contributed by atoms with E-state index in [9.17, 15) is 18.0 Å². The summed E-state index contributed by atoms with van der Waals surface area (Å²) in [4.78, 5) is 13.3. The minimum atomic E-state index is -4.48. The molecule has 4 nitrogen and oxygen atoms in total. The fourth-order valence-corrected chi connectivity index (χ4v) is 3.54. The lowest BCUT2D eigenvalue weighted by Crippen LogP contribution is -2.14. The number of carbonyl (C=O) groups excluding carboxylic acids is 1. The van der Waals surface area contributed by atoms with Crippen LogP contribution in [-0.2, 0) is 11.9 Å². The van der Waals surface area contributed by atoms with Crippen LogP contribution in [0.2, 0.25) is 0 Å². The van der Waals surface area contributed by atoms with E-state index in [0.717, 1.165) is 11.8 Å². The maximum Gasteiger partial charge on any atom is 0.416 e. The number of hydrogen-bond donors (Lipinski definition) is 1. The molecule has 2 aromatic carbocycles. The van der Waals surface area contributed by atoms with Gasteiger partial charge in [0, 0.05) is 16.6 Å². The zero-order valence-electron chi connectivity index (χ0n) is 15.1. The third-order valence-corrected chi connectivity index (χ3v) is 5.08. The molecule has 0 saturated carbocycles. The number of amides is 1. The van der Waals surface area contributed by atoms with Crippen molar-refractivity contribution in [2.45, 2.75) is 30.7 Å². The van der Waals surface area contributed by atoms with Crippen LogP contribution in [0.3, 0.4) is 0 Å². The number of nitrogens with one attached hydrogen (secondary N) is 1. The normalized spacial score (nSPS) is 11.5.